The predicted molar refractivity (Wildman–Crippen MR) is 81.5 cm³/mol. The van der Waals surface area contributed by atoms with Crippen LogP contribution in [0.25, 0.3) is 0 Å². The van der Waals surface area contributed by atoms with E-state index in [0.717, 1.165) is 10.4 Å². The van der Waals surface area contributed by atoms with E-state index >= 15 is 0 Å². The number of aliphatic hydroxyl groups excluding tert-OH is 1. The van der Waals surface area contributed by atoms with Gasteiger partial charge in [-0.2, -0.15) is 17.9 Å². The molecule has 0 saturated carbocycles. The van der Waals surface area contributed by atoms with Crippen molar-refractivity contribution in [2.24, 2.45) is 0 Å². The summed E-state index contributed by atoms with van der Waals surface area (Å²) in [6, 6.07) is 1.84. The quantitative estimate of drug-likeness (QED) is 0.714. The van der Waals surface area contributed by atoms with Gasteiger partial charge in [0.25, 0.3) is 10.2 Å². The van der Waals surface area contributed by atoms with E-state index in [4.69, 9.17) is 5.11 Å². The molecule has 0 amide bonds. The molecule has 0 radical (unpaired) electrons. The average Bonchev–Trinajstić information content (AvgIpc) is 2.72. The van der Waals surface area contributed by atoms with Gasteiger partial charge in [-0.05, 0) is 26.8 Å². The number of hydrogen-bond acceptors (Lipinski definition) is 4. The maximum Gasteiger partial charge on any atom is 0.277 e. The Morgan fingerprint density at radius 1 is 1.40 bits per heavy atom. The second kappa shape index (κ2) is 7.20. The first kappa shape index (κ1) is 17.1. The SMILES string of the molecule is CC(C)(C)NS(=O)(=O)NCc1cc(C#CCCO)cs1. The van der Waals surface area contributed by atoms with E-state index in [-0.39, 0.29) is 13.2 Å². The summed E-state index contributed by atoms with van der Waals surface area (Å²) in [4.78, 5) is 0.887. The molecule has 7 heteroatoms. The highest BCUT2D eigenvalue weighted by atomic mass is 32.2. The summed E-state index contributed by atoms with van der Waals surface area (Å²) >= 11 is 1.45. The Labute approximate surface area is 124 Å². The molecule has 0 bridgehead atoms. The van der Waals surface area contributed by atoms with Crippen LogP contribution >= 0.6 is 11.3 Å². The van der Waals surface area contributed by atoms with E-state index < -0.39 is 15.7 Å². The Morgan fingerprint density at radius 2 is 2.10 bits per heavy atom. The molecule has 0 fully saturated rings. The van der Waals surface area contributed by atoms with Crippen molar-refractivity contribution in [3.05, 3.63) is 21.9 Å². The summed E-state index contributed by atoms with van der Waals surface area (Å²) in [6.45, 7) is 5.63. The zero-order valence-corrected chi connectivity index (χ0v) is 13.5. The molecule has 0 aliphatic carbocycles. The van der Waals surface area contributed by atoms with Gasteiger partial charge in [-0.3, -0.25) is 0 Å². The van der Waals surface area contributed by atoms with Gasteiger partial charge >= 0.3 is 0 Å². The summed E-state index contributed by atoms with van der Waals surface area (Å²) < 4.78 is 28.5. The lowest BCUT2D eigenvalue weighted by atomic mass is 10.1. The van der Waals surface area contributed by atoms with Gasteiger partial charge in [0.05, 0.1) is 6.61 Å². The lowest BCUT2D eigenvalue weighted by Gasteiger charge is -2.20. The van der Waals surface area contributed by atoms with Crippen LogP contribution in [0.15, 0.2) is 11.4 Å². The van der Waals surface area contributed by atoms with Gasteiger partial charge in [0, 0.05) is 34.3 Å². The second-order valence-electron chi connectivity index (χ2n) is 5.25. The van der Waals surface area contributed by atoms with Crippen LogP contribution in [-0.4, -0.2) is 25.7 Å². The van der Waals surface area contributed by atoms with Gasteiger partial charge in [-0.15, -0.1) is 11.3 Å². The first-order valence-corrected chi connectivity index (χ1v) is 8.54. The maximum atomic E-state index is 11.8. The molecule has 1 aromatic heterocycles. The molecule has 0 unspecified atom stereocenters. The highest BCUT2D eigenvalue weighted by Crippen LogP contribution is 2.14. The molecule has 1 heterocycles. The van der Waals surface area contributed by atoms with Crippen molar-refractivity contribution in [1.29, 1.82) is 0 Å². The summed E-state index contributed by atoms with van der Waals surface area (Å²) in [6.07, 6.45) is 0.438. The normalized spacial score (nSPS) is 12.0. The topological polar surface area (TPSA) is 78.4 Å². The Balaban J connectivity index is 2.57. The highest BCUT2D eigenvalue weighted by Gasteiger charge is 2.19. The van der Waals surface area contributed by atoms with E-state index in [2.05, 4.69) is 21.3 Å². The molecule has 3 N–H and O–H groups in total. The molecule has 0 atom stereocenters. The van der Waals surface area contributed by atoms with E-state index in [1.807, 2.05) is 11.4 Å². The van der Waals surface area contributed by atoms with Crippen LogP contribution < -0.4 is 9.44 Å². The van der Waals surface area contributed by atoms with Crippen molar-refractivity contribution in [1.82, 2.24) is 9.44 Å². The number of rotatable bonds is 5. The highest BCUT2D eigenvalue weighted by molar-refractivity contribution is 7.87. The van der Waals surface area contributed by atoms with Crippen LogP contribution in [0.2, 0.25) is 0 Å². The van der Waals surface area contributed by atoms with Crippen LogP contribution in [0.1, 0.15) is 37.6 Å². The molecule has 0 aliphatic rings. The fourth-order valence-electron chi connectivity index (χ4n) is 1.36. The minimum Gasteiger partial charge on any atom is -0.395 e. The molecule has 0 spiro atoms. The number of thiophene rings is 1. The zero-order valence-electron chi connectivity index (χ0n) is 11.9. The standard InChI is InChI=1S/C13H20N2O3S2/c1-13(2,3)15-20(17,18)14-9-12-8-11(10-19-12)6-4-5-7-16/h8,10,14-16H,5,7,9H2,1-3H3. The van der Waals surface area contributed by atoms with Crippen LogP contribution in [0.4, 0.5) is 0 Å². The smallest absolute Gasteiger partial charge is 0.277 e. The van der Waals surface area contributed by atoms with E-state index in [9.17, 15) is 8.42 Å². The van der Waals surface area contributed by atoms with Crippen LogP contribution in [0.5, 0.6) is 0 Å². The lowest BCUT2D eigenvalue weighted by Crippen LogP contribution is -2.46. The van der Waals surface area contributed by atoms with Crippen molar-refractivity contribution < 1.29 is 13.5 Å². The van der Waals surface area contributed by atoms with Crippen molar-refractivity contribution in [2.75, 3.05) is 6.61 Å². The maximum absolute atomic E-state index is 11.8. The molecule has 112 valence electrons. The molecule has 5 nitrogen and oxygen atoms in total. The average molecular weight is 316 g/mol. The van der Waals surface area contributed by atoms with Crippen molar-refractivity contribution >= 4 is 21.5 Å². The summed E-state index contributed by atoms with van der Waals surface area (Å²) in [7, 11) is -3.51. The number of aliphatic hydroxyl groups is 1. The first-order chi connectivity index (χ1) is 9.22. The molecule has 1 aromatic rings. The Morgan fingerprint density at radius 3 is 2.70 bits per heavy atom. The second-order valence-corrected chi connectivity index (χ2v) is 7.75. The lowest BCUT2D eigenvalue weighted by molar-refractivity contribution is 0.305. The molecule has 0 aliphatic heterocycles. The Kier molecular flexibility index (Phi) is 6.17. The third-order valence-electron chi connectivity index (χ3n) is 2.00. The monoisotopic (exact) mass is 316 g/mol. The summed E-state index contributed by atoms with van der Waals surface area (Å²) in [5.74, 6) is 5.73. The molecular weight excluding hydrogens is 296 g/mol. The van der Waals surface area contributed by atoms with Gasteiger partial charge in [0.1, 0.15) is 0 Å². The largest absolute Gasteiger partial charge is 0.395 e. The first-order valence-electron chi connectivity index (χ1n) is 6.17. The Hall–Kier alpha value is -0.910. The van der Waals surface area contributed by atoms with Crippen LogP contribution in [-0.2, 0) is 16.8 Å². The minimum absolute atomic E-state index is 0.0439. The fourth-order valence-corrected chi connectivity index (χ4v) is 3.44. The number of hydrogen-bond donors (Lipinski definition) is 3. The summed E-state index contributed by atoms with van der Waals surface area (Å²) in [5.41, 5.74) is 0.323. The van der Waals surface area contributed by atoms with Gasteiger partial charge in [-0.25, -0.2) is 0 Å². The van der Waals surface area contributed by atoms with Gasteiger partial charge in [0.2, 0.25) is 0 Å². The van der Waals surface area contributed by atoms with E-state index in [1.165, 1.54) is 11.3 Å². The third kappa shape index (κ3) is 7.03. The Bertz CT molecular complexity index is 589. The zero-order chi connectivity index (χ0) is 15.2. The van der Waals surface area contributed by atoms with Crippen molar-refractivity contribution in [2.45, 2.75) is 39.3 Å². The molecule has 0 saturated heterocycles. The van der Waals surface area contributed by atoms with Crippen molar-refractivity contribution in [3.63, 3.8) is 0 Å². The van der Waals surface area contributed by atoms with Crippen LogP contribution in [0.3, 0.4) is 0 Å². The van der Waals surface area contributed by atoms with Gasteiger partial charge < -0.3 is 5.11 Å². The van der Waals surface area contributed by atoms with Crippen molar-refractivity contribution in [3.8, 4) is 11.8 Å². The van der Waals surface area contributed by atoms with E-state index in [0.29, 0.717) is 6.42 Å². The predicted octanol–water partition coefficient (Wildman–Crippen LogP) is 1.20. The molecule has 0 aromatic carbocycles. The summed E-state index contributed by atoms with van der Waals surface area (Å²) in [5, 5.41) is 10.5. The number of nitrogens with one attached hydrogen (secondary N) is 2. The molecule has 1 rings (SSSR count). The minimum atomic E-state index is -3.51. The van der Waals surface area contributed by atoms with Gasteiger partial charge in [-0.1, -0.05) is 11.8 Å². The van der Waals surface area contributed by atoms with Crippen LogP contribution in [0, 0.1) is 11.8 Å². The third-order valence-corrected chi connectivity index (χ3v) is 4.34. The molecule has 20 heavy (non-hydrogen) atoms. The van der Waals surface area contributed by atoms with E-state index in [1.54, 1.807) is 20.8 Å². The fraction of sp³-hybridized carbons (Fsp3) is 0.538. The molecular formula is C13H20N2O3S2. The van der Waals surface area contributed by atoms with Gasteiger partial charge in [0.15, 0.2) is 0 Å².